The highest BCUT2D eigenvalue weighted by Gasteiger charge is 2.32. The minimum Gasteiger partial charge on any atom is -0.349 e. The molecule has 0 spiro atoms. The van der Waals surface area contributed by atoms with Crippen LogP contribution in [0.15, 0.2) is 29.2 Å². The van der Waals surface area contributed by atoms with E-state index in [1.54, 1.807) is 24.3 Å². The molecule has 0 aliphatic heterocycles. The number of carbonyl (C=O) groups is 1. The molecule has 3 atom stereocenters. The van der Waals surface area contributed by atoms with Gasteiger partial charge >= 0.3 is 0 Å². The Morgan fingerprint density at radius 1 is 1.29 bits per heavy atom. The van der Waals surface area contributed by atoms with Crippen molar-refractivity contribution in [3.63, 3.8) is 0 Å². The molecule has 2 rings (SSSR count). The lowest BCUT2D eigenvalue weighted by atomic mass is 9.95. The summed E-state index contributed by atoms with van der Waals surface area (Å²) in [5, 5.41) is 3.03. The minimum atomic E-state index is -3.43. The highest BCUT2D eigenvalue weighted by molar-refractivity contribution is 7.89. The van der Waals surface area contributed by atoms with Crippen LogP contribution in [0.25, 0.3) is 0 Å². The Hall–Kier alpha value is -1.44. The lowest BCUT2D eigenvalue weighted by Gasteiger charge is -2.21. The molecule has 1 saturated carbocycles. The second kappa shape index (κ2) is 7.63. The van der Waals surface area contributed by atoms with Crippen molar-refractivity contribution >= 4 is 15.9 Å². The lowest BCUT2D eigenvalue weighted by Crippen LogP contribution is -2.36. The largest absolute Gasteiger partial charge is 0.349 e. The van der Waals surface area contributed by atoms with E-state index in [2.05, 4.69) is 5.32 Å². The first-order valence-corrected chi connectivity index (χ1v) is 9.74. The van der Waals surface area contributed by atoms with Gasteiger partial charge in [0.05, 0.1) is 10.9 Å². The highest BCUT2D eigenvalue weighted by Crippen LogP contribution is 2.31. The van der Waals surface area contributed by atoms with Crippen molar-refractivity contribution in [1.82, 2.24) is 9.62 Å². The third kappa shape index (κ3) is 3.96. The molecule has 24 heavy (non-hydrogen) atoms. The maximum Gasteiger partial charge on any atom is 0.242 e. The van der Waals surface area contributed by atoms with E-state index < -0.39 is 10.0 Å². The van der Waals surface area contributed by atoms with Gasteiger partial charge in [0, 0.05) is 20.0 Å². The van der Waals surface area contributed by atoms with Crippen LogP contribution >= 0.6 is 0 Å². The van der Waals surface area contributed by atoms with Gasteiger partial charge < -0.3 is 11.1 Å². The Morgan fingerprint density at radius 3 is 2.46 bits per heavy atom. The number of sulfonamides is 1. The molecule has 0 saturated heterocycles. The van der Waals surface area contributed by atoms with Gasteiger partial charge in [0.15, 0.2) is 0 Å². The van der Waals surface area contributed by atoms with Crippen molar-refractivity contribution in [2.75, 3.05) is 20.6 Å². The fraction of sp³-hybridized carbons (Fsp3) is 0.588. The van der Waals surface area contributed by atoms with Gasteiger partial charge in [0.1, 0.15) is 0 Å². The van der Waals surface area contributed by atoms with E-state index in [-0.39, 0.29) is 28.7 Å². The number of nitrogens with two attached hydrogens (primary N) is 1. The second-order valence-corrected chi connectivity index (χ2v) is 8.77. The normalized spacial score (nSPS) is 22.5. The molecule has 1 unspecified atom stereocenters. The first-order valence-electron chi connectivity index (χ1n) is 8.30. The molecule has 0 heterocycles. The topological polar surface area (TPSA) is 92.5 Å². The third-order valence-electron chi connectivity index (χ3n) is 4.82. The summed E-state index contributed by atoms with van der Waals surface area (Å²) in [7, 11) is -0.431. The number of hydrogen-bond donors (Lipinski definition) is 2. The predicted molar refractivity (Wildman–Crippen MR) is 93.8 cm³/mol. The summed E-state index contributed by atoms with van der Waals surface area (Å²) in [6.45, 7) is 2.45. The van der Waals surface area contributed by atoms with Gasteiger partial charge in [-0.2, -0.15) is 0 Å². The number of carbonyl (C=O) groups excluding carboxylic acids is 1. The Labute approximate surface area is 144 Å². The van der Waals surface area contributed by atoms with Crippen LogP contribution in [0.1, 0.15) is 37.8 Å². The molecule has 0 radical (unpaired) electrons. The van der Waals surface area contributed by atoms with Gasteiger partial charge in [0.2, 0.25) is 15.9 Å². The average molecular weight is 353 g/mol. The zero-order valence-corrected chi connectivity index (χ0v) is 15.3. The van der Waals surface area contributed by atoms with E-state index in [1.165, 1.54) is 18.4 Å². The Bertz CT molecular complexity index is 671. The van der Waals surface area contributed by atoms with E-state index in [0.29, 0.717) is 6.54 Å². The van der Waals surface area contributed by atoms with Gasteiger partial charge in [-0.1, -0.05) is 18.6 Å². The summed E-state index contributed by atoms with van der Waals surface area (Å²) in [4.78, 5) is 12.7. The highest BCUT2D eigenvalue weighted by atomic mass is 32.2. The van der Waals surface area contributed by atoms with Gasteiger partial charge in [-0.05, 0) is 49.9 Å². The lowest BCUT2D eigenvalue weighted by molar-refractivity contribution is -0.126. The number of amides is 1. The number of nitrogens with zero attached hydrogens (tertiary/aromatic N) is 1. The monoisotopic (exact) mass is 353 g/mol. The van der Waals surface area contributed by atoms with Gasteiger partial charge in [-0.3, -0.25) is 4.79 Å². The second-order valence-electron chi connectivity index (χ2n) is 6.62. The van der Waals surface area contributed by atoms with Crippen LogP contribution in [-0.4, -0.2) is 39.3 Å². The van der Waals surface area contributed by atoms with Crippen LogP contribution in [0.2, 0.25) is 0 Å². The van der Waals surface area contributed by atoms with Crippen LogP contribution < -0.4 is 11.1 Å². The van der Waals surface area contributed by atoms with Crippen LogP contribution in [-0.2, 0) is 14.8 Å². The summed E-state index contributed by atoms with van der Waals surface area (Å²) in [6.07, 6.45) is 2.95. The number of nitrogens with one attached hydrogen (secondary N) is 1. The summed E-state index contributed by atoms with van der Waals surface area (Å²) in [5.74, 6) is 0.302. The van der Waals surface area contributed by atoms with Crippen LogP contribution in [0, 0.1) is 11.8 Å². The maximum absolute atomic E-state index is 12.4. The fourth-order valence-corrected chi connectivity index (χ4v) is 4.11. The van der Waals surface area contributed by atoms with Crippen molar-refractivity contribution in [3.8, 4) is 0 Å². The average Bonchev–Trinajstić information content (AvgIpc) is 3.03. The third-order valence-corrected chi connectivity index (χ3v) is 6.65. The standard InChI is InChI=1S/C17H27N3O3S/c1-12(19-17(21)16-6-4-5-14(16)11-18)13-7-9-15(10-8-13)24(22,23)20(2)3/h7-10,12,14,16H,4-6,11,18H2,1-3H3,(H,19,21)/t12?,14-,16-/m1/s1. The van der Waals surface area contributed by atoms with Crippen molar-refractivity contribution < 1.29 is 13.2 Å². The SMILES string of the molecule is CC(NC(=O)[C@@H]1CCC[C@@H]1CN)c1ccc(S(=O)(=O)N(C)C)cc1. The van der Waals surface area contributed by atoms with E-state index in [4.69, 9.17) is 5.73 Å². The van der Waals surface area contributed by atoms with Gasteiger partial charge in [0.25, 0.3) is 0 Å². The van der Waals surface area contributed by atoms with E-state index in [1.807, 2.05) is 6.92 Å². The molecule has 1 aliphatic rings. The molecule has 6 nitrogen and oxygen atoms in total. The number of rotatable bonds is 6. The van der Waals surface area contributed by atoms with Crippen LogP contribution in [0.4, 0.5) is 0 Å². The minimum absolute atomic E-state index is 0.00848. The maximum atomic E-state index is 12.4. The molecular weight excluding hydrogens is 326 g/mol. The van der Waals surface area contributed by atoms with E-state index in [9.17, 15) is 13.2 Å². The van der Waals surface area contributed by atoms with Gasteiger partial charge in [-0.25, -0.2) is 12.7 Å². The molecule has 1 aromatic carbocycles. The van der Waals surface area contributed by atoms with Gasteiger partial charge in [-0.15, -0.1) is 0 Å². The fourth-order valence-electron chi connectivity index (χ4n) is 3.21. The van der Waals surface area contributed by atoms with Crippen LogP contribution in [0.5, 0.6) is 0 Å². The Morgan fingerprint density at radius 2 is 1.92 bits per heavy atom. The zero-order chi connectivity index (χ0) is 17.9. The van der Waals surface area contributed by atoms with Crippen molar-refractivity contribution in [2.24, 2.45) is 17.6 Å². The first kappa shape index (κ1) is 18.9. The first-order chi connectivity index (χ1) is 11.3. The molecule has 3 N–H and O–H groups in total. The Kier molecular flexibility index (Phi) is 6.01. The molecule has 1 aromatic rings. The zero-order valence-electron chi connectivity index (χ0n) is 14.5. The molecule has 7 heteroatoms. The van der Waals surface area contributed by atoms with Crippen molar-refractivity contribution in [3.05, 3.63) is 29.8 Å². The van der Waals surface area contributed by atoms with Crippen molar-refractivity contribution in [1.29, 1.82) is 0 Å². The smallest absolute Gasteiger partial charge is 0.242 e. The summed E-state index contributed by atoms with van der Waals surface area (Å²) < 4.78 is 25.3. The molecule has 0 aromatic heterocycles. The molecule has 1 amide bonds. The predicted octanol–water partition coefficient (Wildman–Crippen LogP) is 1.49. The number of benzene rings is 1. The molecule has 0 bridgehead atoms. The van der Waals surface area contributed by atoms with Crippen LogP contribution in [0.3, 0.4) is 0 Å². The van der Waals surface area contributed by atoms with E-state index in [0.717, 1.165) is 24.8 Å². The number of hydrogen-bond acceptors (Lipinski definition) is 4. The quantitative estimate of drug-likeness (QED) is 0.810. The van der Waals surface area contributed by atoms with Crippen molar-refractivity contribution in [2.45, 2.75) is 37.1 Å². The summed E-state index contributed by atoms with van der Waals surface area (Å²) in [5.41, 5.74) is 6.62. The summed E-state index contributed by atoms with van der Waals surface area (Å²) in [6, 6.07) is 6.47. The molecule has 1 aliphatic carbocycles. The molecule has 134 valence electrons. The molecule has 1 fully saturated rings. The van der Waals surface area contributed by atoms with E-state index >= 15 is 0 Å². The summed E-state index contributed by atoms with van der Waals surface area (Å²) >= 11 is 0. The molecular formula is C17H27N3O3S. The Balaban J connectivity index is 2.05.